The van der Waals surface area contributed by atoms with Gasteiger partial charge >= 0.3 is 0 Å². The van der Waals surface area contributed by atoms with Crippen LogP contribution in [0.1, 0.15) is 0 Å². The number of nitrogens with zero attached hydrogens (tertiary/aromatic N) is 3. The van der Waals surface area contributed by atoms with Gasteiger partial charge in [0.05, 0.1) is 0 Å². The van der Waals surface area contributed by atoms with Crippen LogP contribution in [0, 0.1) is 6.33 Å². The van der Waals surface area contributed by atoms with Crippen LogP contribution in [0.4, 0.5) is 0 Å². The molecular weight excluding hydrogens is 188 g/mol. The minimum absolute atomic E-state index is 0.752. The Bertz CT molecular complexity index is 586. The van der Waals surface area contributed by atoms with Crippen molar-refractivity contribution >= 4 is 11.2 Å². The number of imidazole rings is 1. The number of hydrogen-bond donors (Lipinski definition) is 1. The largest absolute Gasteiger partial charge is 0.320 e. The van der Waals surface area contributed by atoms with E-state index in [1.54, 1.807) is 18.6 Å². The lowest BCUT2D eigenvalue weighted by Crippen LogP contribution is -1.82. The molecule has 0 spiro atoms. The number of aromatic nitrogens is 4. The first kappa shape index (κ1) is 8.11. The summed E-state index contributed by atoms with van der Waals surface area (Å²) in [6.45, 7) is 0. The maximum Gasteiger partial charge on any atom is 0.175 e. The Morgan fingerprint density at radius 1 is 1.20 bits per heavy atom. The third-order valence-electron chi connectivity index (χ3n) is 2.21. The predicted molar refractivity (Wildman–Crippen MR) is 56.0 cm³/mol. The molecule has 0 atom stereocenters. The first-order chi connectivity index (χ1) is 7.43. The number of aromatic amines is 1. The summed E-state index contributed by atoms with van der Waals surface area (Å²) in [5, 5.41) is 0. The van der Waals surface area contributed by atoms with Crippen LogP contribution in [0.2, 0.25) is 0 Å². The molecule has 3 aromatic rings. The van der Waals surface area contributed by atoms with Gasteiger partial charge in [-0.05, 0) is 12.1 Å². The lowest BCUT2D eigenvalue weighted by atomic mass is 10.1. The van der Waals surface area contributed by atoms with E-state index in [-0.39, 0.29) is 0 Å². The summed E-state index contributed by atoms with van der Waals surface area (Å²) in [4.78, 5) is 15.2. The van der Waals surface area contributed by atoms with Gasteiger partial charge in [0, 0.05) is 29.7 Å². The number of fused-ring (bicyclic) bond motifs is 1. The first-order valence-electron chi connectivity index (χ1n) is 4.56. The van der Waals surface area contributed by atoms with Crippen molar-refractivity contribution in [1.29, 1.82) is 0 Å². The van der Waals surface area contributed by atoms with Crippen LogP contribution >= 0.6 is 0 Å². The molecule has 1 N–H and O–H groups in total. The van der Waals surface area contributed by atoms with E-state index in [0.29, 0.717) is 0 Å². The normalized spacial score (nSPS) is 10.7. The lowest BCUT2D eigenvalue weighted by molar-refractivity contribution is 1.28. The Hall–Kier alpha value is -2.23. The average molecular weight is 195 g/mol. The van der Waals surface area contributed by atoms with Crippen molar-refractivity contribution in [2.75, 3.05) is 0 Å². The van der Waals surface area contributed by atoms with Crippen molar-refractivity contribution in [3.8, 4) is 11.1 Å². The van der Waals surface area contributed by atoms with Gasteiger partial charge in [-0.25, -0.2) is 9.97 Å². The maximum absolute atomic E-state index is 4.24. The van der Waals surface area contributed by atoms with Crippen LogP contribution in [0.3, 0.4) is 0 Å². The fourth-order valence-corrected chi connectivity index (χ4v) is 1.47. The van der Waals surface area contributed by atoms with Crippen molar-refractivity contribution in [3.63, 3.8) is 0 Å². The van der Waals surface area contributed by atoms with Crippen molar-refractivity contribution < 1.29 is 0 Å². The molecule has 0 saturated carbocycles. The van der Waals surface area contributed by atoms with E-state index in [0.717, 1.165) is 22.3 Å². The van der Waals surface area contributed by atoms with E-state index in [9.17, 15) is 0 Å². The van der Waals surface area contributed by atoms with Crippen LogP contribution in [0.15, 0.2) is 36.8 Å². The zero-order valence-corrected chi connectivity index (χ0v) is 7.81. The van der Waals surface area contributed by atoms with Gasteiger partial charge in [0.2, 0.25) is 0 Å². The van der Waals surface area contributed by atoms with Crippen LogP contribution < -0.4 is 0 Å². The van der Waals surface area contributed by atoms with Crippen molar-refractivity contribution in [3.05, 3.63) is 43.1 Å². The molecule has 0 amide bonds. The Balaban J connectivity index is 2.19. The number of nitrogens with one attached hydrogen (secondary N) is 1. The highest BCUT2D eigenvalue weighted by Gasteiger charge is 2.01. The summed E-state index contributed by atoms with van der Waals surface area (Å²) >= 11 is 0. The second-order valence-corrected chi connectivity index (χ2v) is 3.18. The molecule has 0 aliphatic carbocycles. The molecule has 0 unspecified atom stereocenters. The Kier molecular flexibility index (Phi) is 1.71. The number of hydrogen-bond acceptors (Lipinski definition) is 3. The van der Waals surface area contributed by atoms with Gasteiger partial charge in [-0.1, -0.05) is 6.07 Å². The first-order valence-corrected chi connectivity index (χ1v) is 4.56. The van der Waals surface area contributed by atoms with E-state index >= 15 is 0 Å². The van der Waals surface area contributed by atoms with Crippen molar-refractivity contribution in [2.45, 2.75) is 0 Å². The quantitative estimate of drug-likeness (QED) is 0.644. The van der Waals surface area contributed by atoms with Gasteiger partial charge in [0.25, 0.3) is 0 Å². The third kappa shape index (κ3) is 1.36. The van der Waals surface area contributed by atoms with Gasteiger partial charge in [-0.3, -0.25) is 4.98 Å². The van der Waals surface area contributed by atoms with Crippen LogP contribution in [0.25, 0.3) is 22.3 Å². The Morgan fingerprint density at radius 2 is 2.20 bits per heavy atom. The zero-order valence-electron chi connectivity index (χ0n) is 7.81. The smallest absolute Gasteiger partial charge is 0.175 e. The molecule has 3 heterocycles. The van der Waals surface area contributed by atoms with Crippen molar-refractivity contribution in [1.82, 2.24) is 19.9 Å². The topological polar surface area (TPSA) is 54.5 Å². The minimum atomic E-state index is 0.752. The summed E-state index contributed by atoms with van der Waals surface area (Å²) in [5.74, 6) is 0. The zero-order chi connectivity index (χ0) is 10.1. The van der Waals surface area contributed by atoms with Gasteiger partial charge in [0.15, 0.2) is 12.0 Å². The van der Waals surface area contributed by atoms with E-state index in [2.05, 4.69) is 26.3 Å². The number of rotatable bonds is 1. The molecular formula is C11H7N4. The van der Waals surface area contributed by atoms with Crippen LogP contribution in [-0.4, -0.2) is 19.9 Å². The SMILES string of the molecule is [c]1nc2cc(-c3cccnc3)cnc2[nH]1. The third-order valence-corrected chi connectivity index (χ3v) is 2.21. The fourth-order valence-electron chi connectivity index (χ4n) is 1.47. The number of H-pyrrole nitrogens is 1. The molecule has 15 heavy (non-hydrogen) atoms. The fraction of sp³-hybridized carbons (Fsp3) is 0. The minimum Gasteiger partial charge on any atom is -0.320 e. The molecule has 71 valence electrons. The molecule has 0 aliphatic rings. The predicted octanol–water partition coefficient (Wildman–Crippen LogP) is 1.82. The van der Waals surface area contributed by atoms with E-state index in [1.165, 1.54) is 0 Å². The lowest BCUT2D eigenvalue weighted by Gasteiger charge is -1.98. The second-order valence-electron chi connectivity index (χ2n) is 3.18. The molecule has 0 aromatic carbocycles. The highest BCUT2D eigenvalue weighted by molar-refractivity contribution is 5.77. The monoisotopic (exact) mass is 195 g/mol. The molecule has 4 heteroatoms. The van der Waals surface area contributed by atoms with Crippen LogP contribution in [-0.2, 0) is 0 Å². The van der Waals surface area contributed by atoms with Crippen LogP contribution in [0.5, 0.6) is 0 Å². The standard InChI is InChI=1S/C11H7N4/c1-2-8(5-12-3-1)9-4-10-11(13-6-9)15-7-14-10/h1-6H,(H,13,14,15). The molecule has 1 radical (unpaired) electrons. The summed E-state index contributed by atoms with van der Waals surface area (Å²) in [6, 6.07) is 5.86. The van der Waals surface area contributed by atoms with Gasteiger partial charge < -0.3 is 4.98 Å². The van der Waals surface area contributed by atoms with E-state index in [1.807, 2.05) is 18.2 Å². The van der Waals surface area contributed by atoms with Gasteiger partial charge in [-0.15, -0.1) is 0 Å². The van der Waals surface area contributed by atoms with Gasteiger partial charge in [-0.2, -0.15) is 0 Å². The van der Waals surface area contributed by atoms with E-state index in [4.69, 9.17) is 0 Å². The summed E-state index contributed by atoms with van der Waals surface area (Å²) in [7, 11) is 0. The van der Waals surface area contributed by atoms with Gasteiger partial charge in [0.1, 0.15) is 5.52 Å². The maximum atomic E-state index is 4.24. The van der Waals surface area contributed by atoms with E-state index < -0.39 is 0 Å². The Labute approximate surface area is 86.0 Å². The molecule has 0 aliphatic heterocycles. The summed E-state index contributed by atoms with van der Waals surface area (Å²) in [6.07, 6.45) is 8.01. The summed E-state index contributed by atoms with van der Waals surface area (Å²) < 4.78 is 0. The highest BCUT2D eigenvalue weighted by atomic mass is 14.9. The Morgan fingerprint density at radius 3 is 3.07 bits per heavy atom. The summed E-state index contributed by atoms with van der Waals surface area (Å²) in [5.41, 5.74) is 3.62. The average Bonchev–Trinajstić information content (AvgIpc) is 2.77. The molecule has 0 bridgehead atoms. The number of pyridine rings is 2. The molecule has 3 rings (SSSR count). The second kappa shape index (κ2) is 3.16. The molecule has 3 aromatic heterocycles. The molecule has 4 nitrogen and oxygen atoms in total. The molecule has 0 fully saturated rings. The van der Waals surface area contributed by atoms with Crippen molar-refractivity contribution in [2.24, 2.45) is 0 Å². The highest BCUT2D eigenvalue weighted by Crippen LogP contribution is 2.19. The molecule has 0 saturated heterocycles.